The molecular weight excluding hydrogens is 393 g/mol. The Labute approximate surface area is 188 Å². The molecule has 5 aromatic rings. The van der Waals surface area contributed by atoms with E-state index in [-0.39, 0.29) is 7.69 Å². The summed E-state index contributed by atoms with van der Waals surface area (Å²) in [6.45, 7) is 0. The van der Waals surface area contributed by atoms with Gasteiger partial charge in [0.1, 0.15) is 5.75 Å². The molecule has 5 rings (SSSR count). The molecule has 0 spiro atoms. The van der Waals surface area contributed by atoms with Gasteiger partial charge in [-0.2, -0.15) is 0 Å². The van der Waals surface area contributed by atoms with Crippen LogP contribution in [0.15, 0.2) is 121 Å². The second-order valence-electron chi connectivity index (χ2n) is 7.52. The Kier molecular flexibility index (Phi) is 5.60. The molecule has 0 aromatic heterocycles. The second-order valence-corrected chi connectivity index (χ2v) is 7.52. The van der Waals surface area contributed by atoms with Crippen molar-refractivity contribution in [2.45, 2.75) is 0 Å². The molecule has 0 bridgehead atoms. The fourth-order valence-electron chi connectivity index (χ4n) is 4.05. The highest BCUT2D eigenvalue weighted by molar-refractivity contribution is 6.17. The molecule has 0 aliphatic carbocycles. The normalized spacial score (nSPS) is 10.7. The summed E-state index contributed by atoms with van der Waals surface area (Å²) in [5, 5.41) is 11.6. The average molecular weight is 415 g/mol. The quantitative estimate of drug-likeness (QED) is 0.317. The molecule has 0 atom stereocenters. The van der Waals surface area contributed by atoms with Crippen molar-refractivity contribution >= 4 is 35.5 Å². The maximum absolute atomic E-state index is 9.23. The predicted molar refractivity (Wildman–Crippen MR) is 134 cm³/mol. The molecule has 0 heterocycles. The average Bonchev–Trinajstić information content (AvgIpc) is 2.86. The first-order valence-electron chi connectivity index (χ1n) is 10.6. The third-order valence-electron chi connectivity index (χ3n) is 5.55. The van der Waals surface area contributed by atoms with Gasteiger partial charge in [0.25, 0.3) is 0 Å². The molecule has 0 radical (unpaired) electrons. The maximum Gasteiger partial charge on any atom is 0.504 e. The highest BCUT2D eigenvalue weighted by Crippen LogP contribution is 2.40. The van der Waals surface area contributed by atoms with Crippen LogP contribution in [0.2, 0.25) is 0 Å². The summed E-state index contributed by atoms with van der Waals surface area (Å²) in [6.07, 6.45) is 0. The Hall–Kier alpha value is -4.02. The number of hydrogen-bond acceptors (Lipinski definition) is 3. The van der Waals surface area contributed by atoms with Crippen molar-refractivity contribution in [3.63, 3.8) is 0 Å². The summed E-state index contributed by atoms with van der Waals surface area (Å²) < 4.78 is 5.36. The topological polar surface area (TPSA) is 32.7 Å². The minimum absolute atomic E-state index is 0.358. The summed E-state index contributed by atoms with van der Waals surface area (Å²) >= 11 is 0. The molecule has 0 fully saturated rings. The van der Waals surface area contributed by atoms with Gasteiger partial charge in [0.2, 0.25) is 0 Å². The Morgan fingerprint density at radius 2 is 1.28 bits per heavy atom. The van der Waals surface area contributed by atoms with Crippen LogP contribution in [-0.2, 0) is 0 Å². The van der Waals surface area contributed by atoms with Gasteiger partial charge in [-0.1, -0.05) is 84.9 Å². The lowest BCUT2D eigenvalue weighted by Crippen LogP contribution is -2.11. The van der Waals surface area contributed by atoms with Gasteiger partial charge in [-0.05, 0) is 46.8 Å². The van der Waals surface area contributed by atoms with E-state index in [1.165, 1.54) is 16.5 Å². The van der Waals surface area contributed by atoms with Crippen molar-refractivity contribution in [1.29, 1.82) is 0 Å². The zero-order valence-electron chi connectivity index (χ0n) is 17.6. The van der Waals surface area contributed by atoms with Gasteiger partial charge in [-0.15, -0.1) is 0 Å². The lowest BCUT2D eigenvalue weighted by Gasteiger charge is -2.27. The summed E-state index contributed by atoms with van der Waals surface area (Å²) in [4.78, 5) is 2.22. The lowest BCUT2D eigenvalue weighted by molar-refractivity contribution is 0.454. The third kappa shape index (κ3) is 3.96. The van der Waals surface area contributed by atoms with Crippen LogP contribution in [-0.4, -0.2) is 12.7 Å². The molecule has 0 amide bonds. The molecule has 0 unspecified atom stereocenters. The van der Waals surface area contributed by atoms with Crippen molar-refractivity contribution in [3.05, 3.63) is 121 Å². The van der Waals surface area contributed by atoms with Gasteiger partial charge in [-0.25, -0.2) is 0 Å². The van der Waals surface area contributed by atoms with Crippen LogP contribution < -0.4 is 9.55 Å². The summed E-state index contributed by atoms with van der Waals surface area (Å²) in [7, 11) is -0.358. The fourth-order valence-corrected chi connectivity index (χ4v) is 4.05. The van der Waals surface area contributed by atoms with Gasteiger partial charge >= 0.3 is 7.69 Å². The van der Waals surface area contributed by atoms with Crippen molar-refractivity contribution in [2.75, 3.05) is 4.90 Å². The number of hydrogen-bond donors (Lipinski definition) is 1. The van der Waals surface area contributed by atoms with Gasteiger partial charge < -0.3 is 14.6 Å². The monoisotopic (exact) mass is 415 g/mol. The van der Waals surface area contributed by atoms with Crippen molar-refractivity contribution in [1.82, 2.24) is 0 Å². The first-order valence-corrected chi connectivity index (χ1v) is 10.6. The van der Waals surface area contributed by atoms with E-state index in [1.807, 2.05) is 24.3 Å². The minimum Gasteiger partial charge on any atom is -0.539 e. The van der Waals surface area contributed by atoms with Crippen LogP contribution >= 0.6 is 0 Å². The van der Waals surface area contributed by atoms with E-state index in [9.17, 15) is 5.02 Å². The molecule has 1 N–H and O–H groups in total. The molecule has 5 aromatic carbocycles. The predicted octanol–water partition coefficient (Wildman–Crippen LogP) is 6.61. The smallest absolute Gasteiger partial charge is 0.504 e. The first kappa shape index (κ1) is 19.9. The lowest BCUT2D eigenvalue weighted by atomic mass is 10.0. The van der Waals surface area contributed by atoms with Crippen LogP contribution in [0, 0.1) is 0 Å². The number of anilines is 3. The zero-order valence-corrected chi connectivity index (χ0v) is 17.6. The van der Waals surface area contributed by atoms with E-state index in [0.29, 0.717) is 5.75 Å². The van der Waals surface area contributed by atoms with Gasteiger partial charge in [0.05, 0.1) is 5.69 Å². The Bertz CT molecular complexity index is 1330. The molecular formula is C28H22BNO2. The van der Waals surface area contributed by atoms with Gasteiger partial charge in [-0.3, -0.25) is 0 Å². The van der Waals surface area contributed by atoms with E-state index in [0.717, 1.165) is 22.4 Å². The SMILES string of the molecule is OBOc1cccc(N(c2ccc(-c3ccccc3)cc2)c2cccc3ccccc23)c1. The molecule has 4 heteroatoms. The standard InChI is InChI=1S/C28H22BNO2/c31-29-32-26-13-7-12-25(20-26)30(28-15-6-11-23-10-4-5-14-27(23)28)24-18-16-22(17-19-24)21-8-2-1-3-9-21/h1-20,29,31H. The maximum atomic E-state index is 9.23. The molecule has 0 aliphatic heterocycles. The summed E-state index contributed by atoms with van der Waals surface area (Å²) in [5.74, 6) is 0.621. The minimum atomic E-state index is -0.358. The van der Waals surface area contributed by atoms with E-state index in [2.05, 4.69) is 102 Å². The molecule has 0 saturated heterocycles. The third-order valence-corrected chi connectivity index (χ3v) is 5.55. The Morgan fingerprint density at radius 1 is 0.594 bits per heavy atom. The number of nitrogens with zero attached hydrogens (tertiary/aromatic N) is 1. The fraction of sp³-hybridized carbons (Fsp3) is 0. The zero-order chi connectivity index (χ0) is 21.8. The van der Waals surface area contributed by atoms with Gasteiger partial charge in [0, 0.05) is 22.8 Å². The second kappa shape index (κ2) is 9.00. The van der Waals surface area contributed by atoms with E-state index in [1.54, 1.807) is 0 Å². The van der Waals surface area contributed by atoms with E-state index in [4.69, 9.17) is 4.65 Å². The number of benzene rings is 5. The van der Waals surface area contributed by atoms with Crippen LogP contribution in [0.5, 0.6) is 5.75 Å². The van der Waals surface area contributed by atoms with Crippen molar-refractivity contribution in [3.8, 4) is 16.9 Å². The number of rotatable bonds is 6. The van der Waals surface area contributed by atoms with Crippen LogP contribution in [0.1, 0.15) is 0 Å². The highest BCUT2D eigenvalue weighted by Gasteiger charge is 2.16. The van der Waals surface area contributed by atoms with E-state index >= 15 is 0 Å². The molecule has 0 aliphatic rings. The van der Waals surface area contributed by atoms with Crippen LogP contribution in [0.25, 0.3) is 21.9 Å². The summed E-state index contributed by atoms with van der Waals surface area (Å²) in [5.41, 5.74) is 5.44. The molecule has 154 valence electrons. The van der Waals surface area contributed by atoms with Crippen molar-refractivity contribution < 1.29 is 9.68 Å². The highest BCUT2D eigenvalue weighted by atomic mass is 16.5. The Balaban J connectivity index is 1.66. The van der Waals surface area contributed by atoms with Gasteiger partial charge in [0.15, 0.2) is 0 Å². The number of fused-ring (bicyclic) bond motifs is 1. The van der Waals surface area contributed by atoms with E-state index < -0.39 is 0 Å². The van der Waals surface area contributed by atoms with Crippen LogP contribution in [0.4, 0.5) is 17.1 Å². The largest absolute Gasteiger partial charge is 0.539 e. The molecule has 32 heavy (non-hydrogen) atoms. The first-order chi connectivity index (χ1) is 15.8. The molecule has 0 saturated carbocycles. The van der Waals surface area contributed by atoms with Crippen LogP contribution in [0.3, 0.4) is 0 Å². The van der Waals surface area contributed by atoms with Crippen molar-refractivity contribution in [2.24, 2.45) is 0 Å². The molecule has 3 nitrogen and oxygen atoms in total. The Morgan fingerprint density at radius 3 is 2.09 bits per heavy atom. The summed E-state index contributed by atoms with van der Waals surface area (Å²) in [6, 6.07) is 41.5.